The highest BCUT2D eigenvalue weighted by molar-refractivity contribution is 6.31. The van der Waals surface area contributed by atoms with Crippen molar-refractivity contribution >= 4 is 17.8 Å². The maximum Gasteiger partial charge on any atom is 0.0762 e. The number of hydrogen-bond donors (Lipinski definition) is 0. The molecule has 0 aromatic rings. The normalized spacial score (nSPS) is 18.7. The van der Waals surface area contributed by atoms with Crippen LogP contribution in [0.2, 0.25) is 0 Å². The van der Waals surface area contributed by atoms with Crippen LogP contribution in [0.25, 0.3) is 0 Å². The van der Waals surface area contributed by atoms with Crippen molar-refractivity contribution < 1.29 is 0 Å². The first kappa shape index (κ1) is 11.0. The molecule has 0 aliphatic heterocycles. The van der Waals surface area contributed by atoms with Crippen molar-refractivity contribution in [1.29, 1.82) is 0 Å². The topological polar surface area (TPSA) is 12.4 Å². The molecular weight excluding hydrogens is 158 g/mol. The molecule has 0 rings (SSSR count). The van der Waals surface area contributed by atoms with Gasteiger partial charge in [0.25, 0.3) is 0 Å². The lowest BCUT2D eigenvalue weighted by Gasteiger charge is -2.17. The quantitative estimate of drug-likeness (QED) is 0.451. The Morgan fingerprint density at radius 1 is 1.27 bits per heavy atom. The molecule has 0 aliphatic rings. The second-order valence-corrected chi connectivity index (χ2v) is 4.92. The summed E-state index contributed by atoms with van der Waals surface area (Å²) < 4.78 is 0. The van der Waals surface area contributed by atoms with Crippen molar-refractivity contribution in [2.45, 2.75) is 51.5 Å². The Labute approximate surface area is 74.9 Å². The van der Waals surface area contributed by atoms with Crippen LogP contribution in [0.5, 0.6) is 0 Å². The molecule has 0 spiro atoms. The van der Waals surface area contributed by atoms with Gasteiger partial charge < -0.3 is 0 Å². The largest absolute Gasteiger partial charge is 0.290 e. The predicted octanol–water partition coefficient (Wildman–Crippen LogP) is 3.26. The summed E-state index contributed by atoms with van der Waals surface area (Å²) in [6.45, 7) is 10.2. The molecule has 1 nitrogen and oxygen atoms in total. The lowest BCUT2D eigenvalue weighted by molar-refractivity contribution is 0.580. The number of hydrogen-bond acceptors (Lipinski definition) is 1. The maximum absolute atomic E-state index is 6.08. The number of halogens is 1. The van der Waals surface area contributed by atoms with Crippen molar-refractivity contribution in [3.05, 3.63) is 0 Å². The average molecular weight is 176 g/mol. The zero-order valence-electron chi connectivity index (χ0n) is 8.11. The zero-order chi connectivity index (χ0) is 9.12. The van der Waals surface area contributed by atoms with E-state index >= 15 is 0 Å². The Bertz CT molecular complexity index is 142. The van der Waals surface area contributed by atoms with Crippen LogP contribution >= 0.6 is 11.6 Å². The number of nitrogens with zero attached hydrogens (tertiary/aromatic N) is 1. The Hall–Kier alpha value is -0.0400. The summed E-state index contributed by atoms with van der Waals surface area (Å²) in [4.78, 5) is 4.07. The molecule has 0 aromatic heterocycles. The minimum absolute atomic E-state index is 0.00861. The third-order valence-corrected chi connectivity index (χ3v) is 1.78. The summed E-state index contributed by atoms with van der Waals surface area (Å²) >= 11 is 6.08. The molecule has 0 radical (unpaired) electrons. The summed E-state index contributed by atoms with van der Waals surface area (Å²) in [5.74, 6) is 0. The van der Waals surface area contributed by atoms with E-state index in [-0.39, 0.29) is 10.4 Å². The minimum Gasteiger partial charge on any atom is -0.290 e. The van der Waals surface area contributed by atoms with Gasteiger partial charge in [-0.2, -0.15) is 0 Å². The zero-order valence-corrected chi connectivity index (χ0v) is 8.87. The van der Waals surface area contributed by atoms with Crippen LogP contribution in [-0.4, -0.2) is 16.6 Å². The Morgan fingerprint density at radius 2 is 1.73 bits per heavy atom. The van der Waals surface area contributed by atoms with Gasteiger partial charge in [0.2, 0.25) is 0 Å². The lowest BCUT2D eigenvalue weighted by atomic mass is 10.1. The molecule has 66 valence electrons. The maximum atomic E-state index is 6.08. The SMILES string of the molecule is CCC(C)(Cl)C=NC(C)(C)C. The molecule has 0 aromatic carbocycles. The van der Waals surface area contributed by atoms with Crippen LogP contribution in [0.15, 0.2) is 4.99 Å². The molecule has 11 heavy (non-hydrogen) atoms. The molecule has 1 unspecified atom stereocenters. The molecule has 0 saturated heterocycles. The van der Waals surface area contributed by atoms with E-state index in [1.165, 1.54) is 0 Å². The van der Waals surface area contributed by atoms with Crippen molar-refractivity contribution in [3.8, 4) is 0 Å². The second-order valence-electron chi connectivity index (χ2n) is 4.06. The lowest BCUT2D eigenvalue weighted by Crippen LogP contribution is -2.20. The molecular formula is C9H18ClN. The molecule has 0 amide bonds. The monoisotopic (exact) mass is 175 g/mol. The van der Waals surface area contributed by atoms with E-state index in [9.17, 15) is 0 Å². The Kier molecular flexibility index (Phi) is 3.56. The van der Waals surface area contributed by atoms with Crippen molar-refractivity contribution in [3.63, 3.8) is 0 Å². The van der Waals surface area contributed by atoms with Gasteiger partial charge in [0, 0.05) is 6.21 Å². The van der Waals surface area contributed by atoms with Crippen molar-refractivity contribution in [1.82, 2.24) is 0 Å². The van der Waals surface area contributed by atoms with E-state index in [1.807, 2.05) is 13.1 Å². The Balaban J connectivity index is 4.13. The molecule has 0 N–H and O–H groups in total. The summed E-state index contributed by atoms with van der Waals surface area (Å²) in [6.07, 6.45) is 2.75. The smallest absolute Gasteiger partial charge is 0.0762 e. The highest BCUT2D eigenvalue weighted by Crippen LogP contribution is 2.17. The van der Waals surface area contributed by atoms with Gasteiger partial charge in [-0.1, -0.05) is 6.92 Å². The predicted molar refractivity (Wildman–Crippen MR) is 52.8 cm³/mol. The van der Waals surface area contributed by atoms with Crippen LogP contribution in [0.3, 0.4) is 0 Å². The van der Waals surface area contributed by atoms with Crippen molar-refractivity contribution in [2.75, 3.05) is 0 Å². The van der Waals surface area contributed by atoms with Crippen LogP contribution in [0.1, 0.15) is 41.0 Å². The third kappa shape index (κ3) is 6.36. The van der Waals surface area contributed by atoms with Crippen LogP contribution < -0.4 is 0 Å². The first-order chi connectivity index (χ1) is 4.77. The van der Waals surface area contributed by atoms with Gasteiger partial charge >= 0.3 is 0 Å². The van der Waals surface area contributed by atoms with Crippen LogP contribution in [0.4, 0.5) is 0 Å². The summed E-state index contributed by atoms with van der Waals surface area (Å²) in [6, 6.07) is 0. The summed E-state index contributed by atoms with van der Waals surface area (Å²) in [5.41, 5.74) is -0.00861. The molecule has 0 fully saturated rings. The van der Waals surface area contributed by atoms with E-state index in [4.69, 9.17) is 11.6 Å². The summed E-state index contributed by atoms with van der Waals surface area (Å²) in [5, 5.41) is 0. The number of alkyl halides is 1. The number of rotatable bonds is 2. The van der Waals surface area contributed by atoms with Gasteiger partial charge in [-0.15, -0.1) is 11.6 Å². The molecule has 2 heteroatoms. The van der Waals surface area contributed by atoms with Gasteiger partial charge in [-0.05, 0) is 34.1 Å². The molecule has 1 atom stereocenters. The van der Waals surface area contributed by atoms with Gasteiger partial charge in [-0.3, -0.25) is 4.99 Å². The van der Waals surface area contributed by atoms with E-state index in [1.54, 1.807) is 0 Å². The molecule has 0 heterocycles. The molecule has 0 bridgehead atoms. The molecule has 0 saturated carbocycles. The van der Waals surface area contributed by atoms with Crippen molar-refractivity contribution in [2.24, 2.45) is 4.99 Å². The fraction of sp³-hybridized carbons (Fsp3) is 0.889. The van der Waals surface area contributed by atoms with E-state index in [0.717, 1.165) is 6.42 Å². The Morgan fingerprint density at radius 3 is 2.00 bits per heavy atom. The van der Waals surface area contributed by atoms with Gasteiger partial charge in [0.05, 0.1) is 10.4 Å². The van der Waals surface area contributed by atoms with E-state index in [0.29, 0.717) is 0 Å². The average Bonchev–Trinajstić information content (AvgIpc) is 1.83. The highest BCUT2D eigenvalue weighted by Gasteiger charge is 2.16. The third-order valence-electron chi connectivity index (χ3n) is 1.41. The minimum atomic E-state index is -0.271. The first-order valence-electron chi connectivity index (χ1n) is 4.02. The van der Waals surface area contributed by atoms with Gasteiger partial charge in [-0.25, -0.2) is 0 Å². The van der Waals surface area contributed by atoms with Gasteiger partial charge in [0.1, 0.15) is 0 Å². The standard InChI is InChI=1S/C9H18ClN/c1-6-9(5,10)7-11-8(2,3)4/h7H,6H2,1-5H3. The number of aliphatic imine (C=N–C) groups is 1. The van der Waals surface area contributed by atoms with E-state index < -0.39 is 0 Å². The highest BCUT2D eigenvalue weighted by atomic mass is 35.5. The molecule has 0 aliphatic carbocycles. The summed E-state index contributed by atoms with van der Waals surface area (Å²) in [7, 11) is 0. The first-order valence-corrected chi connectivity index (χ1v) is 4.40. The van der Waals surface area contributed by atoms with Crippen LogP contribution in [-0.2, 0) is 0 Å². The fourth-order valence-corrected chi connectivity index (χ4v) is 0.468. The van der Waals surface area contributed by atoms with Gasteiger partial charge in [0.15, 0.2) is 0 Å². The van der Waals surface area contributed by atoms with Crippen LogP contribution in [0, 0.1) is 0 Å². The second kappa shape index (κ2) is 3.57. The van der Waals surface area contributed by atoms with E-state index in [2.05, 4.69) is 32.7 Å². The fourth-order valence-electron chi connectivity index (χ4n) is 0.420.